The normalized spacial score (nSPS) is 18.1. The van der Waals surface area contributed by atoms with Crippen LogP contribution >= 0.6 is 0 Å². The molecule has 74 valence electrons. The van der Waals surface area contributed by atoms with Gasteiger partial charge in [-0.3, -0.25) is 9.56 Å². The van der Waals surface area contributed by atoms with Gasteiger partial charge in [0.05, 0.1) is 5.69 Å². The Morgan fingerprint density at radius 1 is 1.27 bits per heavy atom. The lowest BCUT2D eigenvalue weighted by Gasteiger charge is -2.06. The molecule has 3 rings (SSSR count). The zero-order chi connectivity index (χ0) is 10.3. The van der Waals surface area contributed by atoms with E-state index >= 15 is 0 Å². The molecule has 0 saturated heterocycles. The van der Waals surface area contributed by atoms with Gasteiger partial charge in [0.2, 0.25) is 0 Å². The summed E-state index contributed by atoms with van der Waals surface area (Å²) >= 11 is 0. The van der Waals surface area contributed by atoms with Gasteiger partial charge in [0.15, 0.2) is 12.0 Å². The third-order valence-corrected chi connectivity index (χ3v) is 2.41. The molecule has 1 aromatic heterocycles. The lowest BCUT2D eigenvalue weighted by atomic mass is 10.2. The molecule has 1 atom stereocenters. The lowest BCUT2D eigenvalue weighted by molar-refractivity contribution is 0.695. The summed E-state index contributed by atoms with van der Waals surface area (Å²) < 4.78 is 1.87. The second-order valence-electron chi connectivity index (χ2n) is 3.34. The van der Waals surface area contributed by atoms with Crippen LogP contribution in [0.1, 0.15) is 17.6 Å². The molecule has 0 bridgehead atoms. The quantitative estimate of drug-likeness (QED) is 0.677. The first-order valence-electron chi connectivity index (χ1n) is 4.64. The zero-order valence-corrected chi connectivity index (χ0v) is 7.91. The van der Waals surface area contributed by atoms with E-state index < -0.39 is 6.17 Å². The van der Waals surface area contributed by atoms with Gasteiger partial charge in [-0.15, -0.1) is 10.2 Å². The predicted molar refractivity (Wildman–Crippen MR) is 55.9 cm³/mol. The Kier molecular flexibility index (Phi) is 1.66. The van der Waals surface area contributed by atoms with Crippen LogP contribution in [0.15, 0.2) is 35.6 Å². The highest BCUT2D eigenvalue weighted by molar-refractivity contribution is 5.85. The standard InChI is InChI=1S/C10H9N5/c11-9-10-14-13-6-15(10)8-4-2-1-3-7(8)5-12-9/h1-6,9H,11H2. The minimum absolute atomic E-state index is 0.445. The number of nitrogens with two attached hydrogens (primary N) is 1. The van der Waals surface area contributed by atoms with E-state index in [0.29, 0.717) is 5.82 Å². The number of para-hydroxylation sites is 1. The van der Waals surface area contributed by atoms with Gasteiger partial charge in [-0.25, -0.2) is 0 Å². The summed E-state index contributed by atoms with van der Waals surface area (Å²) in [5.74, 6) is 0.663. The molecule has 15 heavy (non-hydrogen) atoms. The largest absolute Gasteiger partial charge is 0.303 e. The lowest BCUT2D eigenvalue weighted by Crippen LogP contribution is -2.12. The number of hydrogen-bond acceptors (Lipinski definition) is 4. The minimum atomic E-state index is -0.445. The van der Waals surface area contributed by atoms with Crippen LogP contribution in [-0.2, 0) is 0 Å². The summed E-state index contributed by atoms with van der Waals surface area (Å²) in [5, 5.41) is 7.82. The van der Waals surface area contributed by atoms with Gasteiger partial charge >= 0.3 is 0 Å². The number of aromatic nitrogens is 3. The molecule has 0 spiro atoms. The number of nitrogens with zero attached hydrogens (tertiary/aromatic N) is 4. The highest BCUT2D eigenvalue weighted by atomic mass is 15.3. The third-order valence-electron chi connectivity index (χ3n) is 2.41. The Balaban J connectivity index is 2.33. The van der Waals surface area contributed by atoms with E-state index in [1.165, 1.54) is 0 Å². The maximum atomic E-state index is 5.85. The van der Waals surface area contributed by atoms with Crippen LogP contribution < -0.4 is 5.73 Å². The molecular weight excluding hydrogens is 190 g/mol. The van der Waals surface area contributed by atoms with Crippen molar-refractivity contribution in [2.24, 2.45) is 10.7 Å². The average Bonchev–Trinajstić information content (AvgIpc) is 2.71. The van der Waals surface area contributed by atoms with Crippen LogP contribution in [0.4, 0.5) is 0 Å². The molecule has 5 nitrogen and oxygen atoms in total. The van der Waals surface area contributed by atoms with E-state index in [9.17, 15) is 0 Å². The molecule has 2 aromatic rings. The van der Waals surface area contributed by atoms with Crippen molar-refractivity contribution >= 4 is 6.21 Å². The summed E-state index contributed by atoms with van der Waals surface area (Å²) in [7, 11) is 0. The fraction of sp³-hybridized carbons (Fsp3) is 0.100. The van der Waals surface area contributed by atoms with Gasteiger partial charge in [0.25, 0.3) is 0 Å². The first kappa shape index (κ1) is 8.31. The Labute approximate surface area is 86.3 Å². The van der Waals surface area contributed by atoms with Crippen molar-refractivity contribution in [3.8, 4) is 5.69 Å². The van der Waals surface area contributed by atoms with E-state index in [2.05, 4.69) is 15.2 Å². The number of hydrogen-bond donors (Lipinski definition) is 1. The molecule has 0 aliphatic carbocycles. The predicted octanol–water partition coefficient (Wildman–Crippen LogP) is 0.657. The summed E-state index contributed by atoms with van der Waals surface area (Å²) in [6.45, 7) is 0. The van der Waals surface area contributed by atoms with E-state index in [1.54, 1.807) is 12.5 Å². The summed E-state index contributed by atoms with van der Waals surface area (Å²) in [5.41, 5.74) is 7.88. The van der Waals surface area contributed by atoms with Gasteiger partial charge in [0.1, 0.15) is 6.33 Å². The van der Waals surface area contributed by atoms with Crippen molar-refractivity contribution in [1.29, 1.82) is 0 Å². The second kappa shape index (κ2) is 2.99. The Bertz CT molecular complexity index is 528. The smallest absolute Gasteiger partial charge is 0.176 e. The van der Waals surface area contributed by atoms with Gasteiger partial charge in [-0.1, -0.05) is 18.2 Å². The molecule has 1 unspecified atom stereocenters. The summed E-state index contributed by atoms with van der Waals surface area (Å²) in [4.78, 5) is 4.21. The maximum Gasteiger partial charge on any atom is 0.176 e. The van der Waals surface area contributed by atoms with Crippen LogP contribution in [-0.4, -0.2) is 21.0 Å². The SMILES string of the molecule is NC1N=Cc2ccccc2-n2cnnc21. The third kappa shape index (κ3) is 1.17. The van der Waals surface area contributed by atoms with Crippen molar-refractivity contribution < 1.29 is 0 Å². The van der Waals surface area contributed by atoms with E-state index in [0.717, 1.165) is 11.3 Å². The van der Waals surface area contributed by atoms with Crippen LogP contribution in [0.5, 0.6) is 0 Å². The van der Waals surface area contributed by atoms with Crippen LogP contribution in [0.2, 0.25) is 0 Å². The minimum Gasteiger partial charge on any atom is -0.303 e. The number of aliphatic imine (C=N–C) groups is 1. The molecule has 0 amide bonds. The van der Waals surface area contributed by atoms with Crippen LogP contribution in [0, 0.1) is 0 Å². The maximum absolute atomic E-state index is 5.85. The van der Waals surface area contributed by atoms with Gasteiger partial charge in [-0.05, 0) is 6.07 Å². The highest BCUT2D eigenvalue weighted by Gasteiger charge is 2.17. The van der Waals surface area contributed by atoms with Gasteiger partial charge in [0, 0.05) is 11.8 Å². The van der Waals surface area contributed by atoms with Crippen LogP contribution in [0.25, 0.3) is 5.69 Å². The number of benzene rings is 1. The molecule has 0 saturated carbocycles. The molecule has 1 aliphatic heterocycles. The number of rotatable bonds is 0. The molecular formula is C10H9N5. The summed E-state index contributed by atoms with van der Waals surface area (Å²) in [6.07, 6.45) is 2.98. The molecule has 5 heteroatoms. The molecule has 2 N–H and O–H groups in total. The van der Waals surface area contributed by atoms with Crippen LogP contribution in [0.3, 0.4) is 0 Å². The molecule has 1 aromatic carbocycles. The van der Waals surface area contributed by atoms with E-state index in [1.807, 2.05) is 28.8 Å². The first-order valence-corrected chi connectivity index (χ1v) is 4.64. The molecule has 0 radical (unpaired) electrons. The Morgan fingerprint density at radius 2 is 2.13 bits per heavy atom. The fourth-order valence-corrected chi connectivity index (χ4v) is 1.67. The van der Waals surface area contributed by atoms with Gasteiger partial charge < -0.3 is 5.73 Å². The van der Waals surface area contributed by atoms with Crippen molar-refractivity contribution in [3.63, 3.8) is 0 Å². The zero-order valence-electron chi connectivity index (χ0n) is 7.91. The van der Waals surface area contributed by atoms with Crippen molar-refractivity contribution in [3.05, 3.63) is 42.0 Å². The first-order chi connectivity index (χ1) is 7.36. The Hall–Kier alpha value is -2.01. The second-order valence-corrected chi connectivity index (χ2v) is 3.34. The molecule has 0 fully saturated rings. The average molecular weight is 199 g/mol. The molecule has 2 heterocycles. The molecule has 1 aliphatic rings. The monoisotopic (exact) mass is 199 g/mol. The Morgan fingerprint density at radius 3 is 3.07 bits per heavy atom. The van der Waals surface area contributed by atoms with Gasteiger partial charge in [-0.2, -0.15) is 0 Å². The fourth-order valence-electron chi connectivity index (χ4n) is 1.67. The van der Waals surface area contributed by atoms with E-state index in [4.69, 9.17) is 5.73 Å². The van der Waals surface area contributed by atoms with Crippen molar-refractivity contribution in [1.82, 2.24) is 14.8 Å². The van der Waals surface area contributed by atoms with Crippen molar-refractivity contribution in [2.45, 2.75) is 6.17 Å². The topological polar surface area (TPSA) is 69.1 Å². The summed E-state index contributed by atoms with van der Waals surface area (Å²) in [6, 6.07) is 7.91. The van der Waals surface area contributed by atoms with Crippen molar-refractivity contribution in [2.75, 3.05) is 0 Å². The van der Waals surface area contributed by atoms with E-state index in [-0.39, 0.29) is 0 Å². The highest BCUT2D eigenvalue weighted by Crippen LogP contribution is 2.21. The number of fused-ring (bicyclic) bond motifs is 3.